The molecule has 1 aliphatic carbocycles. The van der Waals surface area contributed by atoms with Crippen LogP contribution in [0.2, 0.25) is 0 Å². The van der Waals surface area contributed by atoms with Crippen LogP contribution in [0.4, 0.5) is 4.79 Å². The average molecular weight is 317 g/mol. The number of nitrogens with one attached hydrogen (secondary N) is 2. The van der Waals surface area contributed by atoms with Gasteiger partial charge in [-0.15, -0.1) is 0 Å². The first-order valence-corrected chi connectivity index (χ1v) is 7.62. The molecule has 1 saturated heterocycles. The highest BCUT2D eigenvalue weighted by Gasteiger charge is 2.30. The van der Waals surface area contributed by atoms with Gasteiger partial charge in [-0.2, -0.15) is 0 Å². The fourth-order valence-electron chi connectivity index (χ4n) is 2.99. The molecule has 1 aliphatic heterocycles. The maximum atomic E-state index is 12.0. The molecule has 7 nitrogen and oxygen atoms in total. The van der Waals surface area contributed by atoms with Gasteiger partial charge in [-0.05, 0) is 36.5 Å². The monoisotopic (exact) mass is 317 g/mol. The lowest BCUT2D eigenvalue weighted by molar-refractivity contribution is -0.130. The van der Waals surface area contributed by atoms with Crippen molar-refractivity contribution in [3.8, 4) is 5.75 Å². The molecule has 0 bridgehead atoms. The second kappa shape index (κ2) is 6.28. The van der Waals surface area contributed by atoms with Crippen molar-refractivity contribution in [1.82, 2.24) is 15.5 Å². The van der Waals surface area contributed by atoms with E-state index in [0.717, 1.165) is 35.5 Å². The average Bonchev–Trinajstić information content (AvgIpc) is 3.12. The molecule has 1 aromatic rings. The molecule has 0 saturated carbocycles. The van der Waals surface area contributed by atoms with Crippen molar-refractivity contribution in [3.63, 3.8) is 0 Å². The summed E-state index contributed by atoms with van der Waals surface area (Å²) >= 11 is 0. The summed E-state index contributed by atoms with van der Waals surface area (Å²) in [4.78, 5) is 35.8. The fraction of sp³-hybridized carbons (Fsp3) is 0.438. The normalized spacial score (nSPS) is 16.3. The summed E-state index contributed by atoms with van der Waals surface area (Å²) in [6.45, 7) is -0.0123. The number of carbonyl (C=O) groups excluding carboxylic acids is 3. The molecular weight excluding hydrogens is 298 g/mol. The number of nitrogens with zero attached hydrogens (tertiary/aromatic N) is 1. The molecule has 1 heterocycles. The molecule has 0 aromatic heterocycles. The van der Waals surface area contributed by atoms with E-state index in [4.69, 9.17) is 4.74 Å². The molecule has 0 unspecified atom stereocenters. The maximum absolute atomic E-state index is 12.0. The Morgan fingerprint density at radius 3 is 2.70 bits per heavy atom. The number of urea groups is 1. The lowest BCUT2D eigenvalue weighted by atomic mass is 10.0. The lowest BCUT2D eigenvalue weighted by Crippen LogP contribution is -2.40. The lowest BCUT2D eigenvalue weighted by Gasteiger charge is -2.14. The van der Waals surface area contributed by atoms with Gasteiger partial charge in [0, 0.05) is 12.1 Å². The molecule has 3 rings (SSSR count). The van der Waals surface area contributed by atoms with Gasteiger partial charge in [-0.1, -0.05) is 6.07 Å². The molecule has 23 heavy (non-hydrogen) atoms. The van der Waals surface area contributed by atoms with E-state index in [1.807, 2.05) is 6.07 Å². The molecular formula is C16H19N3O4. The van der Waals surface area contributed by atoms with Crippen LogP contribution in [0.1, 0.15) is 23.1 Å². The SMILES string of the molecule is COc1cc2c(cc1CNC(=O)CN1C(=O)CNC1=O)CCC2. The highest BCUT2D eigenvalue weighted by atomic mass is 16.5. The molecule has 122 valence electrons. The van der Waals surface area contributed by atoms with Gasteiger partial charge in [0.2, 0.25) is 5.91 Å². The van der Waals surface area contributed by atoms with Crippen LogP contribution in [-0.2, 0) is 29.0 Å². The van der Waals surface area contributed by atoms with Gasteiger partial charge in [-0.3, -0.25) is 14.5 Å². The second-order valence-corrected chi connectivity index (χ2v) is 5.70. The van der Waals surface area contributed by atoms with Gasteiger partial charge in [0.25, 0.3) is 5.91 Å². The third-order valence-electron chi connectivity index (χ3n) is 4.21. The Morgan fingerprint density at radius 2 is 2.04 bits per heavy atom. The minimum absolute atomic E-state index is 0.0508. The number of rotatable bonds is 5. The summed E-state index contributed by atoms with van der Waals surface area (Å²) < 4.78 is 5.39. The number of hydrogen-bond acceptors (Lipinski definition) is 4. The zero-order valence-corrected chi connectivity index (χ0v) is 13.0. The van der Waals surface area contributed by atoms with Gasteiger partial charge in [0.05, 0.1) is 13.7 Å². The smallest absolute Gasteiger partial charge is 0.325 e. The summed E-state index contributed by atoms with van der Waals surface area (Å²) in [7, 11) is 1.61. The van der Waals surface area contributed by atoms with Crippen LogP contribution in [0.5, 0.6) is 5.75 Å². The van der Waals surface area contributed by atoms with E-state index in [1.54, 1.807) is 7.11 Å². The van der Waals surface area contributed by atoms with Crippen molar-refractivity contribution < 1.29 is 19.1 Å². The van der Waals surface area contributed by atoms with Gasteiger partial charge in [-0.25, -0.2) is 4.79 Å². The minimum atomic E-state index is -0.528. The van der Waals surface area contributed by atoms with Gasteiger partial charge < -0.3 is 15.4 Å². The number of fused-ring (bicyclic) bond motifs is 1. The van der Waals surface area contributed by atoms with Crippen molar-refractivity contribution >= 4 is 17.8 Å². The molecule has 7 heteroatoms. The highest BCUT2D eigenvalue weighted by molar-refractivity contribution is 6.04. The number of methoxy groups -OCH3 is 1. The number of ether oxygens (including phenoxy) is 1. The first-order valence-electron chi connectivity index (χ1n) is 7.62. The molecule has 1 fully saturated rings. The summed E-state index contributed by atoms with van der Waals surface area (Å²) in [6.07, 6.45) is 3.24. The quantitative estimate of drug-likeness (QED) is 0.767. The number of hydrogen-bond donors (Lipinski definition) is 2. The summed E-state index contributed by atoms with van der Waals surface area (Å²) in [5.74, 6) is -0.0147. The topological polar surface area (TPSA) is 87.7 Å². The zero-order valence-electron chi connectivity index (χ0n) is 13.0. The van der Waals surface area contributed by atoms with Crippen LogP contribution in [0.25, 0.3) is 0 Å². The van der Waals surface area contributed by atoms with Crippen LogP contribution in [-0.4, -0.2) is 42.9 Å². The highest BCUT2D eigenvalue weighted by Crippen LogP contribution is 2.29. The van der Waals surface area contributed by atoms with Crippen molar-refractivity contribution in [1.29, 1.82) is 0 Å². The van der Waals surface area contributed by atoms with Crippen molar-refractivity contribution in [2.75, 3.05) is 20.2 Å². The van der Waals surface area contributed by atoms with E-state index >= 15 is 0 Å². The Labute approximate surface area is 134 Å². The first kappa shape index (κ1) is 15.3. The van der Waals surface area contributed by atoms with Crippen LogP contribution in [0, 0.1) is 0 Å². The predicted octanol–water partition coefficient (Wildman–Crippen LogP) is 0.352. The van der Waals surface area contributed by atoms with Gasteiger partial charge in [0.15, 0.2) is 0 Å². The minimum Gasteiger partial charge on any atom is -0.496 e. The Hall–Kier alpha value is -2.57. The summed E-state index contributed by atoms with van der Waals surface area (Å²) in [5, 5.41) is 5.12. The molecule has 2 aliphatic rings. The Bertz CT molecular complexity index is 656. The molecule has 0 atom stereocenters. The van der Waals surface area contributed by atoms with Crippen LogP contribution in [0.15, 0.2) is 12.1 Å². The fourth-order valence-corrected chi connectivity index (χ4v) is 2.99. The molecule has 2 N–H and O–H groups in total. The van der Waals surface area contributed by atoms with Gasteiger partial charge >= 0.3 is 6.03 Å². The molecule has 0 spiro atoms. The standard InChI is InChI=1S/C16H19N3O4/c1-23-13-6-11-4-2-3-10(11)5-12(13)7-17-14(20)9-19-15(21)8-18-16(19)22/h5-6H,2-4,7-9H2,1H3,(H,17,20)(H,18,22). The van der Waals surface area contributed by atoms with Gasteiger partial charge in [0.1, 0.15) is 12.3 Å². The molecule has 1 aromatic carbocycles. The maximum Gasteiger partial charge on any atom is 0.325 e. The number of imide groups is 1. The Kier molecular flexibility index (Phi) is 4.18. The van der Waals surface area contributed by atoms with E-state index in [2.05, 4.69) is 16.7 Å². The van der Waals surface area contributed by atoms with Crippen LogP contribution in [0.3, 0.4) is 0 Å². The van der Waals surface area contributed by atoms with Crippen molar-refractivity contribution in [2.45, 2.75) is 25.8 Å². The first-order chi connectivity index (χ1) is 11.1. The van der Waals surface area contributed by atoms with E-state index in [9.17, 15) is 14.4 Å². The van der Waals surface area contributed by atoms with Crippen LogP contribution < -0.4 is 15.4 Å². The third-order valence-corrected chi connectivity index (χ3v) is 4.21. The predicted molar refractivity (Wildman–Crippen MR) is 82.0 cm³/mol. The second-order valence-electron chi connectivity index (χ2n) is 5.70. The third kappa shape index (κ3) is 3.13. The number of benzene rings is 1. The van der Waals surface area contributed by atoms with E-state index in [-0.39, 0.29) is 24.9 Å². The number of carbonyl (C=O) groups is 3. The Morgan fingerprint density at radius 1 is 1.30 bits per heavy atom. The van der Waals surface area contributed by atoms with E-state index in [1.165, 1.54) is 11.1 Å². The summed E-state index contributed by atoms with van der Waals surface area (Å²) in [6, 6.07) is 3.57. The van der Waals surface area contributed by atoms with E-state index < -0.39 is 6.03 Å². The van der Waals surface area contributed by atoms with Crippen LogP contribution >= 0.6 is 0 Å². The number of aryl methyl sites for hydroxylation is 2. The zero-order chi connectivity index (χ0) is 16.4. The molecule has 0 radical (unpaired) electrons. The number of amides is 4. The van der Waals surface area contributed by atoms with Crippen molar-refractivity contribution in [3.05, 3.63) is 28.8 Å². The largest absolute Gasteiger partial charge is 0.496 e. The molecule has 4 amide bonds. The van der Waals surface area contributed by atoms with E-state index in [0.29, 0.717) is 6.54 Å². The van der Waals surface area contributed by atoms with Crippen molar-refractivity contribution in [2.24, 2.45) is 0 Å². The Balaban J connectivity index is 1.63. The summed E-state index contributed by atoms with van der Waals surface area (Å²) in [5.41, 5.74) is 3.50.